The van der Waals surface area contributed by atoms with E-state index >= 15 is 0 Å². The van der Waals surface area contributed by atoms with Crippen molar-refractivity contribution in [3.05, 3.63) is 74.3 Å². The summed E-state index contributed by atoms with van der Waals surface area (Å²) in [5.74, 6) is -0.821. The van der Waals surface area contributed by atoms with Crippen molar-refractivity contribution in [2.45, 2.75) is 0 Å². The second kappa shape index (κ2) is 5.41. The Hall–Kier alpha value is -3.42. The van der Waals surface area contributed by atoms with Crippen LogP contribution in [0.3, 0.4) is 0 Å². The first-order chi connectivity index (χ1) is 11.0. The molecule has 0 aliphatic heterocycles. The monoisotopic (exact) mass is 312 g/mol. The van der Waals surface area contributed by atoms with Crippen LogP contribution in [0.2, 0.25) is 0 Å². The van der Waals surface area contributed by atoms with Crippen LogP contribution in [0, 0.1) is 5.82 Å². The summed E-state index contributed by atoms with van der Waals surface area (Å²) in [7, 11) is 0. The molecule has 0 unspecified atom stereocenters. The minimum absolute atomic E-state index is 0.0932. The fourth-order valence-electron chi connectivity index (χ4n) is 2.20. The Morgan fingerprint density at radius 1 is 1.17 bits per heavy atom. The molecular weight excluding hydrogens is 303 g/mol. The normalized spacial score (nSPS) is 11.8. The van der Waals surface area contributed by atoms with Gasteiger partial charge in [0, 0.05) is 11.6 Å². The summed E-state index contributed by atoms with van der Waals surface area (Å²) in [6, 6.07) is 5.69. The minimum atomic E-state index is -1.01. The van der Waals surface area contributed by atoms with Crippen LogP contribution >= 0.6 is 0 Å². The van der Waals surface area contributed by atoms with E-state index in [-0.39, 0.29) is 16.5 Å². The number of nitrogens with two attached hydrogens (primary N) is 1. The molecule has 3 rings (SSSR count). The Labute approximate surface area is 127 Å². The highest BCUT2D eigenvalue weighted by atomic mass is 19.1. The third-order valence-corrected chi connectivity index (χ3v) is 3.21. The Kier molecular flexibility index (Phi) is 3.41. The van der Waals surface area contributed by atoms with Gasteiger partial charge in [0.1, 0.15) is 5.82 Å². The molecule has 114 valence electrons. The van der Waals surface area contributed by atoms with Gasteiger partial charge in [0.15, 0.2) is 5.36 Å². The maximum absolute atomic E-state index is 13.8. The quantitative estimate of drug-likeness (QED) is 0.690. The number of hydrogen-bond donors (Lipinski definition) is 1. The standard InChI is InChI=1S/C15H9FN4O3/c16-10-5-1-4-9-11(10)14(22)12(13(9)21)19-20(15(17)23)8-3-2-6-18-7-8/h1-7H,(H2,17,23)/b19-12-. The molecular formula is C15H9FN4O3. The Morgan fingerprint density at radius 2 is 1.96 bits per heavy atom. The molecule has 0 aliphatic rings. The number of pyridine rings is 1. The van der Waals surface area contributed by atoms with E-state index in [1.807, 2.05) is 0 Å². The summed E-state index contributed by atoms with van der Waals surface area (Å²) in [5, 5.41) is 3.38. The van der Waals surface area contributed by atoms with Crippen molar-refractivity contribution in [3.8, 4) is 0 Å². The second-order valence-electron chi connectivity index (χ2n) is 4.63. The number of primary amides is 1. The van der Waals surface area contributed by atoms with Crippen LogP contribution in [0.25, 0.3) is 10.8 Å². The number of benzene rings is 1. The van der Waals surface area contributed by atoms with Crippen molar-refractivity contribution >= 4 is 22.5 Å². The van der Waals surface area contributed by atoms with Crippen LogP contribution < -0.4 is 27.0 Å². The van der Waals surface area contributed by atoms with Crippen molar-refractivity contribution in [1.82, 2.24) is 4.98 Å². The second-order valence-corrected chi connectivity index (χ2v) is 4.63. The molecule has 8 heteroatoms. The number of aromatic nitrogens is 1. The summed E-state index contributed by atoms with van der Waals surface area (Å²) in [6.07, 6.45) is 2.75. The fraction of sp³-hybridized carbons (Fsp3) is 0. The molecule has 3 aromatic rings. The van der Waals surface area contributed by atoms with Gasteiger partial charge in [-0.25, -0.2) is 9.18 Å². The van der Waals surface area contributed by atoms with Gasteiger partial charge in [-0.15, -0.1) is 0 Å². The molecule has 0 atom stereocenters. The zero-order chi connectivity index (χ0) is 16.6. The molecule has 0 saturated heterocycles. The predicted octanol–water partition coefficient (Wildman–Crippen LogP) is 0.371. The van der Waals surface area contributed by atoms with Crippen LogP contribution in [-0.2, 0) is 0 Å². The molecule has 7 nitrogen and oxygen atoms in total. The zero-order valence-electron chi connectivity index (χ0n) is 11.6. The number of halogens is 1. The maximum Gasteiger partial charge on any atom is 0.340 e. The number of amides is 2. The number of carbonyl (C=O) groups excluding carboxylic acids is 1. The van der Waals surface area contributed by atoms with Crippen LogP contribution in [0.5, 0.6) is 0 Å². The molecule has 2 amide bonds. The number of nitrogens with zero attached hydrogens (tertiary/aromatic N) is 3. The molecule has 0 spiro atoms. The summed E-state index contributed by atoms with van der Waals surface area (Å²) >= 11 is 0. The summed E-state index contributed by atoms with van der Waals surface area (Å²) in [6.45, 7) is 0. The molecule has 2 N–H and O–H groups in total. The summed E-state index contributed by atoms with van der Waals surface area (Å²) in [5.41, 5.74) is 3.74. The molecule has 0 bridgehead atoms. The van der Waals surface area contributed by atoms with Crippen LogP contribution in [0.1, 0.15) is 0 Å². The maximum atomic E-state index is 13.8. The summed E-state index contributed by atoms with van der Waals surface area (Å²) in [4.78, 5) is 39.8. The van der Waals surface area contributed by atoms with E-state index in [1.165, 1.54) is 36.7 Å². The SMILES string of the molecule is NC(=O)N(/N=c1/c(=O)c2cccc(F)c2c1=O)c1cccnc1. The van der Waals surface area contributed by atoms with Crippen LogP contribution in [-0.4, -0.2) is 11.0 Å². The largest absolute Gasteiger partial charge is 0.350 e. The van der Waals surface area contributed by atoms with Gasteiger partial charge >= 0.3 is 6.03 Å². The fourth-order valence-corrected chi connectivity index (χ4v) is 2.20. The lowest BCUT2D eigenvalue weighted by Gasteiger charge is -2.12. The Bertz CT molecular complexity index is 1060. The molecule has 1 heterocycles. The summed E-state index contributed by atoms with van der Waals surface area (Å²) < 4.78 is 13.8. The van der Waals surface area contributed by atoms with Crippen molar-refractivity contribution in [2.24, 2.45) is 10.8 Å². The molecule has 0 saturated carbocycles. The van der Waals surface area contributed by atoms with Gasteiger partial charge in [-0.2, -0.15) is 10.1 Å². The third-order valence-electron chi connectivity index (χ3n) is 3.21. The lowest BCUT2D eigenvalue weighted by atomic mass is 10.2. The van der Waals surface area contributed by atoms with Gasteiger partial charge in [-0.3, -0.25) is 14.6 Å². The van der Waals surface area contributed by atoms with Crippen LogP contribution in [0.4, 0.5) is 14.9 Å². The van der Waals surface area contributed by atoms with Gasteiger partial charge in [-0.1, -0.05) is 12.1 Å². The van der Waals surface area contributed by atoms with E-state index in [4.69, 9.17) is 5.73 Å². The van der Waals surface area contributed by atoms with E-state index in [2.05, 4.69) is 10.1 Å². The lowest BCUT2D eigenvalue weighted by molar-refractivity contribution is 0.254. The molecule has 0 aliphatic carbocycles. The van der Waals surface area contributed by atoms with Gasteiger partial charge in [0.25, 0.3) is 0 Å². The molecule has 0 radical (unpaired) electrons. The van der Waals surface area contributed by atoms with E-state index in [0.29, 0.717) is 5.01 Å². The molecule has 1 aromatic heterocycles. The smallest absolute Gasteiger partial charge is 0.340 e. The zero-order valence-corrected chi connectivity index (χ0v) is 11.6. The first kappa shape index (κ1) is 14.5. The van der Waals surface area contributed by atoms with Crippen molar-refractivity contribution < 1.29 is 9.18 Å². The number of urea groups is 1. The number of carbonyl (C=O) groups is 1. The van der Waals surface area contributed by atoms with Gasteiger partial charge in [0.2, 0.25) is 10.9 Å². The van der Waals surface area contributed by atoms with E-state index in [1.54, 1.807) is 0 Å². The van der Waals surface area contributed by atoms with Crippen LogP contribution in [0.15, 0.2) is 57.4 Å². The van der Waals surface area contributed by atoms with E-state index < -0.39 is 28.1 Å². The van der Waals surface area contributed by atoms with Gasteiger partial charge in [-0.05, 0) is 18.2 Å². The van der Waals surface area contributed by atoms with Crippen molar-refractivity contribution in [3.63, 3.8) is 0 Å². The first-order valence-electron chi connectivity index (χ1n) is 6.47. The highest BCUT2D eigenvalue weighted by Gasteiger charge is 2.17. The van der Waals surface area contributed by atoms with E-state index in [9.17, 15) is 18.8 Å². The van der Waals surface area contributed by atoms with Crippen molar-refractivity contribution in [2.75, 3.05) is 5.01 Å². The Morgan fingerprint density at radius 3 is 2.57 bits per heavy atom. The number of fused-ring (bicyclic) bond motifs is 1. The van der Waals surface area contributed by atoms with Gasteiger partial charge in [0.05, 0.1) is 17.3 Å². The average molecular weight is 312 g/mol. The Balaban J connectivity index is 2.33. The predicted molar refractivity (Wildman–Crippen MR) is 80.7 cm³/mol. The number of anilines is 1. The molecule has 2 aromatic carbocycles. The average Bonchev–Trinajstić information content (AvgIpc) is 2.78. The molecule has 23 heavy (non-hydrogen) atoms. The molecule has 0 fully saturated rings. The lowest BCUT2D eigenvalue weighted by Crippen LogP contribution is -2.40. The third kappa shape index (κ3) is 2.35. The number of rotatable bonds is 2. The first-order valence-corrected chi connectivity index (χ1v) is 6.47. The highest BCUT2D eigenvalue weighted by Crippen LogP contribution is 2.12. The van der Waals surface area contributed by atoms with Crippen molar-refractivity contribution in [1.29, 1.82) is 0 Å². The van der Waals surface area contributed by atoms with Gasteiger partial charge < -0.3 is 5.73 Å². The number of hydrogen-bond acceptors (Lipinski definition) is 5. The van der Waals surface area contributed by atoms with E-state index in [0.717, 1.165) is 6.07 Å². The minimum Gasteiger partial charge on any atom is -0.350 e. The topological polar surface area (TPSA) is 106 Å². The highest BCUT2D eigenvalue weighted by molar-refractivity contribution is 5.90.